The predicted molar refractivity (Wildman–Crippen MR) is 111 cm³/mol. The first-order valence-corrected chi connectivity index (χ1v) is 10.1. The normalized spacial score (nSPS) is 16.0. The van der Waals surface area contributed by atoms with E-state index in [2.05, 4.69) is 27.0 Å². The summed E-state index contributed by atoms with van der Waals surface area (Å²) in [5, 5.41) is 2.70. The van der Waals surface area contributed by atoms with E-state index in [1.165, 1.54) is 6.20 Å². The highest BCUT2D eigenvalue weighted by molar-refractivity contribution is 5.92. The number of nitrogens with two attached hydrogens (primary N) is 1. The second kappa shape index (κ2) is 12.4. The van der Waals surface area contributed by atoms with E-state index >= 15 is 0 Å². The molecular formula is C20H33N5O4. The number of ether oxygens (including phenoxy) is 2. The molecule has 3 N–H and O–H groups in total. The number of nitrogens with one attached hydrogen (secondary N) is 1. The van der Waals surface area contributed by atoms with E-state index in [1.54, 1.807) is 13.2 Å². The Hall–Kier alpha value is -2.23. The predicted octanol–water partition coefficient (Wildman–Crippen LogP) is 0.249. The van der Waals surface area contributed by atoms with Gasteiger partial charge in [-0.05, 0) is 31.9 Å². The van der Waals surface area contributed by atoms with Crippen LogP contribution in [-0.4, -0.2) is 87.4 Å². The summed E-state index contributed by atoms with van der Waals surface area (Å²) >= 11 is 0. The van der Waals surface area contributed by atoms with Gasteiger partial charge in [-0.15, -0.1) is 0 Å². The quantitative estimate of drug-likeness (QED) is 0.356. The smallest absolute Gasteiger partial charge is 0.250 e. The van der Waals surface area contributed by atoms with E-state index in [9.17, 15) is 9.59 Å². The first-order chi connectivity index (χ1) is 14.0. The van der Waals surface area contributed by atoms with Crippen molar-refractivity contribution in [2.75, 3.05) is 57.9 Å². The van der Waals surface area contributed by atoms with Gasteiger partial charge in [-0.25, -0.2) is 4.98 Å². The molecule has 1 aliphatic rings. The molecule has 2 amide bonds. The average Bonchev–Trinajstić information content (AvgIpc) is 2.73. The molecule has 0 aromatic carbocycles. The summed E-state index contributed by atoms with van der Waals surface area (Å²) in [5.74, 6) is 0.391. The van der Waals surface area contributed by atoms with Crippen LogP contribution in [0.1, 0.15) is 30.1 Å². The zero-order valence-corrected chi connectivity index (χ0v) is 17.4. The minimum absolute atomic E-state index is 0.226. The van der Waals surface area contributed by atoms with Gasteiger partial charge in [-0.3, -0.25) is 14.5 Å². The largest absolute Gasteiger partial charge is 0.383 e. The number of piperidine rings is 1. The summed E-state index contributed by atoms with van der Waals surface area (Å²) < 4.78 is 11.4. The lowest BCUT2D eigenvalue weighted by molar-refractivity contribution is -0.109. The molecule has 9 nitrogen and oxygen atoms in total. The maximum Gasteiger partial charge on any atom is 0.250 e. The number of nitrogens with zero attached hydrogens (tertiary/aromatic N) is 3. The van der Waals surface area contributed by atoms with Gasteiger partial charge in [-0.2, -0.15) is 0 Å². The molecular weight excluding hydrogens is 374 g/mol. The fourth-order valence-corrected chi connectivity index (χ4v) is 3.47. The Morgan fingerprint density at radius 1 is 1.41 bits per heavy atom. The third kappa shape index (κ3) is 7.60. The van der Waals surface area contributed by atoms with E-state index in [4.69, 9.17) is 15.2 Å². The molecule has 0 saturated carbocycles. The van der Waals surface area contributed by atoms with Crippen LogP contribution in [0.15, 0.2) is 18.3 Å². The summed E-state index contributed by atoms with van der Waals surface area (Å²) in [5.41, 5.74) is 5.68. The van der Waals surface area contributed by atoms with E-state index in [0.29, 0.717) is 25.3 Å². The molecule has 0 spiro atoms. The molecule has 1 saturated heterocycles. The fourth-order valence-electron chi connectivity index (χ4n) is 3.47. The molecule has 0 aliphatic carbocycles. The SMILES string of the molecule is COCC(C)N(CCNC=O)CCOC1CCN(c2ccc(C(N)=O)cn2)CC1. The average molecular weight is 408 g/mol. The molecule has 0 radical (unpaired) electrons. The lowest BCUT2D eigenvalue weighted by Gasteiger charge is -2.34. The molecule has 2 rings (SSSR count). The highest BCUT2D eigenvalue weighted by atomic mass is 16.5. The fraction of sp³-hybridized carbons (Fsp3) is 0.650. The summed E-state index contributed by atoms with van der Waals surface area (Å²) in [6.45, 7) is 7.28. The van der Waals surface area contributed by atoms with Crippen LogP contribution in [0, 0.1) is 0 Å². The van der Waals surface area contributed by atoms with Crippen LogP contribution in [0.5, 0.6) is 0 Å². The first kappa shape index (κ1) is 23.1. The van der Waals surface area contributed by atoms with Crippen molar-refractivity contribution >= 4 is 18.1 Å². The van der Waals surface area contributed by atoms with Crippen LogP contribution in [0.2, 0.25) is 0 Å². The van der Waals surface area contributed by atoms with Crippen LogP contribution in [0.3, 0.4) is 0 Å². The van der Waals surface area contributed by atoms with Gasteiger partial charge >= 0.3 is 0 Å². The Kier molecular flexibility index (Phi) is 9.82. The van der Waals surface area contributed by atoms with Gasteiger partial charge in [0.25, 0.3) is 0 Å². The monoisotopic (exact) mass is 407 g/mol. The Bertz CT molecular complexity index is 620. The van der Waals surface area contributed by atoms with Gasteiger partial charge in [0.15, 0.2) is 0 Å². The minimum Gasteiger partial charge on any atom is -0.383 e. The van der Waals surface area contributed by atoms with Gasteiger partial charge in [0.05, 0.1) is 24.9 Å². The van der Waals surface area contributed by atoms with Crippen molar-refractivity contribution in [1.82, 2.24) is 15.2 Å². The molecule has 29 heavy (non-hydrogen) atoms. The van der Waals surface area contributed by atoms with Crippen molar-refractivity contribution in [3.05, 3.63) is 23.9 Å². The molecule has 1 unspecified atom stereocenters. The third-order valence-corrected chi connectivity index (χ3v) is 5.19. The number of primary amides is 1. The molecule has 1 aromatic heterocycles. The number of amides is 2. The second-order valence-electron chi connectivity index (χ2n) is 7.24. The zero-order valence-electron chi connectivity index (χ0n) is 17.4. The number of carbonyl (C=O) groups excluding carboxylic acids is 2. The number of hydrogen-bond acceptors (Lipinski definition) is 7. The molecule has 1 aromatic rings. The lowest BCUT2D eigenvalue weighted by atomic mass is 10.1. The number of pyridine rings is 1. The number of anilines is 1. The van der Waals surface area contributed by atoms with Crippen LogP contribution in [-0.2, 0) is 14.3 Å². The van der Waals surface area contributed by atoms with Crippen molar-refractivity contribution in [2.45, 2.75) is 31.9 Å². The molecule has 9 heteroatoms. The van der Waals surface area contributed by atoms with E-state index in [-0.39, 0.29) is 12.1 Å². The highest BCUT2D eigenvalue weighted by Crippen LogP contribution is 2.20. The summed E-state index contributed by atoms with van der Waals surface area (Å²) in [4.78, 5) is 30.4. The van der Waals surface area contributed by atoms with Crippen molar-refractivity contribution in [2.24, 2.45) is 5.73 Å². The number of methoxy groups -OCH3 is 1. The Labute approximate surface area is 172 Å². The summed E-state index contributed by atoms with van der Waals surface area (Å²) in [7, 11) is 1.69. The van der Waals surface area contributed by atoms with Crippen molar-refractivity contribution in [3.8, 4) is 0 Å². The zero-order chi connectivity index (χ0) is 21.1. The Morgan fingerprint density at radius 2 is 2.17 bits per heavy atom. The first-order valence-electron chi connectivity index (χ1n) is 10.1. The Balaban J connectivity index is 1.73. The van der Waals surface area contributed by atoms with Crippen LogP contribution >= 0.6 is 0 Å². The van der Waals surface area contributed by atoms with Crippen molar-refractivity contribution in [1.29, 1.82) is 0 Å². The molecule has 1 aliphatic heterocycles. The number of rotatable bonds is 13. The number of carbonyl (C=O) groups is 2. The van der Waals surface area contributed by atoms with Crippen molar-refractivity contribution < 1.29 is 19.1 Å². The van der Waals surface area contributed by atoms with Gasteiger partial charge in [0, 0.05) is 52.1 Å². The maximum absolute atomic E-state index is 11.2. The van der Waals surface area contributed by atoms with Crippen LogP contribution in [0.25, 0.3) is 0 Å². The number of aromatic nitrogens is 1. The van der Waals surface area contributed by atoms with E-state index in [0.717, 1.165) is 51.2 Å². The van der Waals surface area contributed by atoms with Crippen LogP contribution < -0.4 is 16.0 Å². The van der Waals surface area contributed by atoms with Gasteiger partial charge < -0.3 is 25.4 Å². The molecule has 162 valence electrons. The topological polar surface area (TPSA) is 110 Å². The summed E-state index contributed by atoms with van der Waals surface area (Å²) in [6, 6.07) is 3.81. The summed E-state index contributed by atoms with van der Waals surface area (Å²) in [6.07, 6.45) is 4.33. The number of hydrogen-bond donors (Lipinski definition) is 2. The minimum atomic E-state index is -0.466. The maximum atomic E-state index is 11.2. The van der Waals surface area contributed by atoms with Crippen LogP contribution in [0.4, 0.5) is 5.82 Å². The van der Waals surface area contributed by atoms with Gasteiger partial charge in [0.1, 0.15) is 5.82 Å². The highest BCUT2D eigenvalue weighted by Gasteiger charge is 2.21. The lowest BCUT2D eigenvalue weighted by Crippen LogP contribution is -2.43. The van der Waals surface area contributed by atoms with Gasteiger partial charge in [-0.1, -0.05) is 0 Å². The van der Waals surface area contributed by atoms with E-state index in [1.807, 2.05) is 6.07 Å². The molecule has 0 bridgehead atoms. The molecule has 1 fully saturated rings. The van der Waals surface area contributed by atoms with Crippen molar-refractivity contribution in [3.63, 3.8) is 0 Å². The molecule has 1 atom stereocenters. The van der Waals surface area contributed by atoms with E-state index < -0.39 is 5.91 Å². The third-order valence-electron chi connectivity index (χ3n) is 5.19. The molecule has 2 heterocycles. The van der Waals surface area contributed by atoms with Gasteiger partial charge in [0.2, 0.25) is 12.3 Å². The standard InChI is InChI=1S/C20H33N5O4/c1-16(14-28-2)24(10-7-22-15-26)11-12-29-18-5-8-25(9-6-18)19-4-3-17(13-23-19)20(21)27/h3-4,13,15-16,18H,5-12,14H2,1-2H3,(H2,21,27)(H,22,26). The second-order valence-corrected chi connectivity index (χ2v) is 7.24. The Morgan fingerprint density at radius 3 is 2.76 bits per heavy atom.